The lowest BCUT2D eigenvalue weighted by Crippen LogP contribution is -2.23. The Morgan fingerprint density at radius 3 is 2.83 bits per heavy atom. The SMILES string of the molecule is CC(C)NCCCCn1ccc2cc(Cl)ccc21. The lowest BCUT2D eigenvalue weighted by Gasteiger charge is -2.08. The van der Waals surface area contributed by atoms with E-state index in [0.29, 0.717) is 6.04 Å². The molecule has 0 aliphatic carbocycles. The van der Waals surface area contributed by atoms with Gasteiger partial charge in [-0.2, -0.15) is 0 Å². The molecule has 98 valence electrons. The van der Waals surface area contributed by atoms with Gasteiger partial charge in [-0.15, -0.1) is 0 Å². The topological polar surface area (TPSA) is 17.0 Å². The van der Waals surface area contributed by atoms with Gasteiger partial charge in [0.05, 0.1) is 0 Å². The van der Waals surface area contributed by atoms with Crippen molar-refractivity contribution in [2.24, 2.45) is 0 Å². The summed E-state index contributed by atoms with van der Waals surface area (Å²) >= 11 is 5.99. The van der Waals surface area contributed by atoms with Crippen molar-refractivity contribution in [2.75, 3.05) is 6.54 Å². The molecule has 0 aliphatic heterocycles. The largest absolute Gasteiger partial charge is 0.347 e. The summed E-state index contributed by atoms with van der Waals surface area (Å²) in [5.74, 6) is 0. The van der Waals surface area contributed by atoms with Gasteiger partial charge in [-0.25, -0.2) is 0 Å². The zero-order chi connectivity index (χ0) is 13.0. The maximum absolute atomic E-state index is 5.99. The van der Waals surface area contributed by atoms with Crippen molar-refractivity contribution >= 4 is 22.5 Å². The number of halogens is 1. The Hall–Kier alpha value is -0.990. The normalized spacial score (nSPS) is 11.6. The van der Waals surface area contributed by atoms with Gasteiger partial charge in [0.25, 0.3) is 0 Å². The highest BCUT2D eigenvalue weighted by molar-refractivity contribution is 6.31. The Morgan fingerprint density at radius 2 is 2.06 bits per heavy atom. The molecule has 0 radical (unpaired) electrons. The fourth-order valence-corrected chi connectivity index (χ4v) is 2.34. The first-order valence-corrected chi connectivity index (χ1v) is 7.02. The highest BCUT2D eigenvalue weighted by atomic mass is 35.5. The van der Waals surface area contributed by atoms with Crippen LogP contribution in [0, 0.1) is 0 Å². The van der Waals surface area contributed by atoms with Crippen LogP contribution in [0.5, 0.6) is 0 Å². The van der Waals surface area contributed by atoms with E-state index in [1.54, 1.807) is 0 Å². The average Bonchev–Trinajstić information content (AvgIpc) is 2.70. The van der Waals surface area contributed by atoms with Crippen molar-refractivity contribution in [3.8, 4) is 0 Å². The summed E-state index contributed by atoms with van der Waals surface area (Å²) in [7, 11) is 0. The van der Waals surface area contributed by atoms with Gasteiger partial charge in [0.15, 0.2) is 0 Å². The standard InChI is InChI=1S/C15H21ClN2/c1-12(2)17-8-3-4-9-18-10-7-13-11-14(16)5-6-15(13)18/h5-7,10-12,17H,3-4,8-9H2,1-2H3. The predicted molar refractivity (Wildman–Crippen MR) is 79.3 cm³/mol. The van der Waals surface area contributed by atoms with Gasteiger partial charge in [-0.3, -0.25) is 0 Å². The third-order valence-electron chi connectivity index (χ3n) is 3.11. The number of hydrogen-bond acceptors (Lipinski definition) is 1. The van der Waals surface area contributed by atoms with Crippen molar-refractivity contribution in [1.29, 1.82) is 0 Å². The fraction of sp³-hybridized carbons (Fsp3) is 0.467. The van der Waals surface area contributed by atoms with E-state index in [-0.39, 0.29) is 0 Å². The molecule has 2 rings (SSSR count). The first-order chi connectivity index (χ1) is 8.66. The molecule has 0 bridgehead atoms. The van der Waals surface area contributed by atoms with Gasteiger partial charge in [0.1, 0.15) is 0 Å². The summed E-state index contributed by atoms with van der Waals surface area (Å²) in [5, 5.41) is 5.48. The van der Waals surface area contributed by atoms with Crippen LogP contribution in [0.4, 0.5) is 0 Å². The van der Waals surface area contributed by atoms with Crippen LogP contribution in [-0.4, -0.2) is 17.2 Å². The Balaban J connectivity index is 1.88. The number of nitrogens with zero attached hydrogens (tertiary/aromatic N) is 1. The smallest absolute Gasteiger partial charge is 0.0481 e. The second kappa shape index (κ2) is 6.26. The molecule has 0 saturated carbocycles. The van der Waals surface area contributed by atoms with E-state index >= 15 is 0 Å². The maximum atomic E-state index is 5.99. The molecule has 0 unspecified atom stereocenters. The van der Waals surface area contributed by atoms with Gasteiger partial charge in [0.2, 0.25) is 0 Å². The summed E-state index contributed by atoms with van der Waals surface area (Å²) in [6.45, 7) is 6.54. The first kappa shape index (κ1) is 13.4. The maximum Gasteiger partial charge on any atom is 0.0481 e. The quantitative estimate of drug-likeness (QED) is 0.778. The molecule has 0 aliphatic rings. The Bertz CT molecular complexity index is 502. The minimum Gasteiger partial charge on any atom is -0.347 e. The number of benzene rings is 1. The van der Waals surface area contributed by atoms with E-state index in [4.69, 9.17) is 11.6 Å². The van der Waals surface area contributed by atoms with Crippen molar-refractivity contribution in [2.45, 2.75) is 39.3 Å². The molecule has 0 saturated heterocycles. The Labute approximate surface area is 114 Å². The molecule has 0 spiro atoms. The third kappa shape index (κ3) is 3.50. The summed E-state index contributed by atoms with van der Waals surface area (Å²) < 4.78 is 2.31. The van der Waals surface area contributed by atoms with Gasteiger partial charge in [-0.05, 0) is 43.7 Å². The lowest BCUT2D eigenvalue weighted by atomic mass is 10.2. The summed E-state index contributed by atoms with van der Waals surface area (Å²) in [5.41, 5.74) is 1.27. The van der Waals surface area contributed by atoms with Crippen LogP contribution < -0.4 is 5.32 Å². The molecule has 1 aromatic heterocycles. The van der Waals surface area contributed by atoms with Crippen molar-refractivity contribution in [1.82, 2.24) is 9.88 Å². The number of aryl methyl sites for hydroxylation is 1. The van der Waals surface area contributed by atoms with Crippen molar-refractivity contribution in [3.63, 3.8) is 0 Å². The Morgan fingerprint density at radius 1 is 1.22 bits per heavy atom. The number of fused-ring (bicyclic) bond motifs is 1. The van der Waals surface area contributed by atoms with Crippen LogP contribution in [-0.2, 0) is 6.54 Å². The number of nitrogens with one attached hydrogen (secondary N) is 1. The van der Waals surface area contributed by atoms with E-state index in [1.807, 2.05) is 12.1 Å². The molecule has 1 aromatic carbocycles. The van der Waals surface area contributed by atoms with E-state index in [9.17, 15) is 0 Å². The highest BCUT2D eigenvalue weighted by Gasteiger charge is 2.01. The van der Waals surface area contributed by atoms with E-state index in [2.05, 4.69) is 42.1 Å². The van der Waals surface area contributed by atoms with Crippen LogP contribution in [0.25, 0.3) is 10.9 Å². The van der Waals surface area contributed by atoms with Crippen molar-refractivity contribution in [3.05, 3.63) is 35.5 Å². The third-order valence-corrected chi connectivity index (χ3v) is 3.35. The van der Waals surface area contributed by atoms with Gasteiger partial charge in [0, 0.05) is 34.7 Å². The zero-order valence-corrected chi connectivity index (χ0v) is 11.9. The number of unbranched alkanes of at least 4 members (excludes halogenated alkanes) is 1. The molecule has 18 heavy (non-hydrogen) atoms. The average molecular weight is 265 g/mol. The van der Waals surface area contributed by atoms with E-state index in [1.165, 1.54) is 23.7 Å². The second-order valence-corrected chi connectivity index (χ2v) is 5.46. The summed E-state index contributed by atoms with van der Waals surface area (Å²) in [4.78, 5) is 0. The number of hydrogen-bond donors (Lipinski definition) is 1. The number of aromatic nitrogens is 1. The molecule has 0 fully saturated rings. The monoisotopic (exact) mass is 264 g/mol. The molecule has 2 aromatic rings. The number of rotatable bonds is 6. The lowest BCUT2D eigenvalue weighted by molar-refractivity contribution is 0.535. The first-order valence-electron chi connectivity index (χ1n) is 6.64. The second-order valence-electron chi connectivity index (χ2n) is 5.03. The molecule has 0 amide bonds. The molecule has 3 heteroatoms. The fourth-order valence-electron chi connectivity index (χ4n) is 2.16. The predicted octanol–water partition coefficient (Wildman–Crippen LogP) is 4.07. The van der Waals surface area contributed by atoms with Crippen LogP contribution in [0.1, 0.15) is 26.7 Å². The van der Waals surface area contributed by atoms with Gasteiger partial charge in [-0.1, -0.05) is 25.4 Å². The minimum atomic E-state index is 0.583. The van der Waals surface area contributed by atoms with Crippen LogP contribution >= 0.6 is 11.6 Å². The molecular weight excluding hydrogens is 244 g/mol. The van der Waals surface area contributed by atoms with E-state index < -0.39 is 0 Å². The molecular formula is C15H21ClN2. The van der Waals surface area contributed by atoms with Crippen molar-refractivity contribution < 1.29 is 0 Å². The Kier molecular flexibility index (Phi) is 4.67. The molecule has 0 atom stereocenters. The van der Waals surface area contributed by atoms with Crippen LogP contribution in [0.3, 0.4) is 0 Å². The summed E-state index contributed by atoms with van der Waals surface area (Å²) in [6, 6.07) is 8.80. The molecule has 2 nitrogen and oxygen atoms in total. The van der Waals surface area contributed by atoms with Gasteiger partial charge >= 0.3 is 0 Å². The van der Waals surface area contributed by atoms with Crippen LogP contribution in [0.15, 0.2) is 30.5 Å². The highest BCUT2D eigenvalue weighted by Crippen LogP contribution is 2.20. The zero-order valence-electron chi connectivity index (χ0n) is 11.1. The summed E-state index contributed by atoms with van der Waals surface area (Å²) in [6.07, 6.45) is 4.56. The van der Waals surface area contributed by atoms with E-state index in [0.717, 1.165) is 18.1 Å². The van der Waals surface area contributed by atoms with Crippen LogP contribution in [0.2, 0.25) is 5.02 Å². The van der Waals surface area contributed by atoms with Gasteiger partial charge < -0.3 is 9.88 Å². The minimum absolute atomic E-state index is 0.583. The molecule has 1 N–H and O–H groups in total. The molecule has 1 heterocycles.